The Labute approximate surface area is 174 Å². The minimum atomic E-state index is -0.394. The van der Waals surface area contributed by atoms with Gasteiger partial charge in [0.1, 0.15) is 0 Å². The van der Waals surface area contributed by atoms with Crippen LogP contribution in [-0.4, -0.2) is 23.4 Å². The molecular weight excluding hydrogens is 666 g/mol. The summed E-state index contributed by atoms with van der Waals surface area (Å²) in [6, 6.07) is 17.9. The monoisotopic (exact) mass is 678 g/mol. The van der Waals surface area contributed by atoms with E-state index in [0.29, 0.717) is 34.5 Å². The molecule has 0 nitrogen and oxygen atoms in total. The van der Waals surface area contributed by atoms with E-state index < -0.39 is 11.6 Å². The average molecular weight is 676 g/mol. The van der Waals surface area contributed by atoms with Gasteiger partial charge in [0.25, 0.3) is 0 Å². The van der Waals surface area contributed by atoms with Crippen molar-refractivity contribution in [1.82, 2.24) is 0 Å². The van der Waals surface area contributed by atoms with E-state index in [0.717, 1.165) is 20.1 Å². The van der Waals surface area contributed by atoms with Crippen LogP contribution in [0.5, 0.6) is 0 Å². The van der Waals surface area contributed by atoms with Gasteiger partial charge < -0.3 is 0 Å². The number of hydrogen-bond donors (Lipinski definition) is 0. The molecule has 0 saturated heterocycles. The molecule has 3 aromatic rings. The molecular formula is C18H10F2I2Se2. The predicted molar refractivity (Wildman–Crippen MR) is 116 cm³/mol. The predicted octanol–water partition coefficient (Wildman–Crippen LogP) is 4.66. The molecule has 0 heterocycles. The van der Waals surface area contributed by atoms with Gasteiger partial charge in [-0.2, -0.15) is 0 Å². The van der Waals surface area contributed by atoms with Gasteiger partial charge >= 0.3 is 176 Å². The third-order valence-corrected chi connectivity index (χ3v) is 10.6. The second-order valence-corrected chi connectivity index (χ2v) is 12.2. The summed E-state index contributed by atoms with van der Waals surface area (Å²) in [6.45, 7) is 0. The zero-order chi connectivity index (χ0) is 17.1. The summed E-state index contributed by atoms with van der Waals surface area (Å²) >= 11 is 5.23. The number of hydrogen-bond acceptors (Lipinski definition) is 0. The molecule has 3 aromatic carbocycles. The SMILES string of the molecule is Fc1cc(-c2cccc([Se]I)c2)c(F)cc1-c1cccc([Se]I)c1. The topological polar surface area (TPSA) is 0 Å². The quantitative estimate of drug-likeness (QED) is 0.279. The number of halogens is 4. The van der Waals surface area contributed by atoms with Crippen LogP contribution < -0.4 is 8.92 Å². The van der Waals surface area contributed by atoms with Gasteiger partial charge in [-0.05, 0) is 0 Å². The van der Waals surface area contributed by atoms with E-state index in [2.05, 4.69) is 40.7 Å². The fourth-order valence-electron chi connectivity index (χ4n) is 2.41. The van der Waals surface area contributed by atoms with E-state index in [4.69, 9.17) is 0 Å². The molecule has 0 fully saturated rings. The first-order chi connectivity index (χ1) is 11.6. The van der Waals surface area contributed by atoms with E-state index >= 15 is 0 Å². The van der Waals surface area contributed by atoms with Gasteiger partial charge in [-0.25, -0.2) is 0 Å². The van der Waals surface area contributed by atoms with Crippen molar-refractivity contribution in [2.45, 2.75) is 0 Å². The number of rotatable bonds is 4. The van der Waals surface area contributed by atoms with Crippen molar-refractivity contribution < 1.29 is 8.78 Å². The van der Waals surface area contributed by atoms with Crippen molar-refractivity contribution in [3.63, 3.8) is 0 Å². The molecule has 0 unspecified atom stereocenters. The molecule has 0 atom stereocenters. The molecule has 6 heteroatoms. The van der Waals surface area contributed by atoms with Crippen LogP contribution in [-0.2, 0) is 0 Å². The minimum absolute atomic E-state index is 0.296. The van der Waals surface area contributed by atoms with E-state index in [9.17, 15) is 8.78 Å². The standard InChI is InChI=1S/C18H10F2I2Se2/c19-17-10-16(12-4-2-6-14(8-12)24-22)18(20)9-15(17)11-3-1-5-13(7-11)23-21/h1-10H. The first-order valence-electron chi connectivity index (χ1n) is 6.89. The molecule has 0 aliphatic rings. The van der Waals surface area contributed by atoms with Gasteiger partial charge in [-0.3, -0.25) is 0 Å². The van der Waals surface area contributed by atoms with Crippen LogP contribution >= 0.6 is 40.7 Å². The molecule has 122 valence electrons. The molecule has 24 heavy (non-hydrogen) atoms. The summed E-state index contributed by atoms with van der Waals surface area (Å²) in [7, 11) is 0. The van der Waals surface area contributed by atoms with Crippen molar-refractivity contribution >= 4 is 73.0 Å². The van der Waals surface area contributed by atoms with Crippen molar-refractivity contribution in [3.05, 3.63) is 72.3 Å². The van der Waals surface area contributed by atoms with E-state index in [1.165, 1.54) is 12.1 Å². The van der Waals surface area contributed by atoms with E-state index in [1.807, 2.05) is 48.5 Å². The summed E-state index contributed by atoms with van der Waals surface area (Å²) in [5.74, 6) is -0.787. The van der Waals surface area contributed by atoms with Crippen molar-refractivity contribution in [2.24, 2.45) is 0 Å². The van der Waals surface area contributed by atoms with Gasteiger partial charge in [0.05, 0.1) is 0 Å². The van der Waals surface area contributed by atoms with Crippen molar-refractivity contribution in [2.75, 3.05) is 0 Å². The zero-order valence-electron chi connectivity index (χ0n) is 12.1. The first-order valence-corrected chi connectivity index (χ1v) is 19.1. The fraction of sp³-hybridized carbons (Fsp3) is 0. The molecule has 0 bridgehead atoms. The second-order valence-electron chi connectivity index (χ2n) is 5.02. The van der Waals surface area contributed by atoms with Crippen LogP contribution in [0.25, 0.3) is 22.3 Å². The Morgan fingerprint density at radius 2 is 1.04 bits per heavy atom. The van der Waals surface area contributed by atoms with Crippen LogP contribution in [0.2, 0.25) is 0 Å². The molecule has 0 N–H and O–H groups in total. The molecule has 0 amide bonds. The normalized spacial score (nSPS) is 10.8. The Kier molecular flexibility index (Phi) is 6.74. The van der Waals surface area contributed by atoms with Crippen molar-refractivity contribution in [3.8, 4) is 22.3 Å². The molecule has 0 aliphatic heterocycles. The van der Waals surface area contributed by atoms with Gasteiger partial charge in [-0.1, -0.05) is 0 Å². The molecule has 3 rings (SSSR count). The van der Waals surface area contributed by atoms with Crippen LogP contribution in [0.3, 0.4) is 0 Å². The summed E-state index contributed by atoms with van der Waals surface area (Å²) in [6.07, 6.45) is 0. The van der Waals surface area contributed by atoms with Gasteiger partial charge in [0, 0.05) is 0 Å². The fourth-order valence-corrected chi connectivity index (χ4v) is 6.52. The summed E-state index contributed by atoms with van der Waals surface area (Å²) in [5, 5.41) is 0. The van der Waals surface area contributed by atoms with Gasteiger partial charge in [-0.15, -0.1) is 0 Å². The Morgan fingerprint density at radius 3 is 1.42 bits per heavy atom. The Bertz CT molecular complexity index is 811. The Hall–Kier alpha value is 0.0190. The van der Waals surface area contributed by atoms with Crippen LogP contribution in [0.4, 0.5) is 8.78 Å². The third kappa shape index (κ3) is 4.22. The van der Waals surface area contributed by atoms with Crippen LogP contribution in [0, 0.1) is 11.6 Å². The van der Waals surface area contributed by atoms with E-state index in [-0.39, 0.29) is 0 Å². The van der Waals surface area contributed by atoms with Gasteiger partial charge in [0.2, 0.25) is 0 Å². The first kappa shape index (κ1) is 18.8. The Balaban J connectivity index is 2.08. The van der Waals surface area contributed by atoms with Crippen LogP contribution in [0.15, 0.2) is 60.7 Å². The molecule has 0 aromatic heterocycles. The maximum absolute atomic E-state index is 14.7. The maximum atomic E-state index is 14.7. The summed E-state index contributed by atoms with van der Waals surface area (Å²) in [5.41, 5.74) is 2.07. The van der Waals surface area contributed by atoms with Gasteiger partial charge in [0.15, 0.2) is 0 Å². The van der Waals surface area contributed by atoms with E-state index in [1.54, 1.807) is 0 Å². The molecule has 0 radical (unpaired) electrons. The molecule has 0 spiro atoms. The number of benzene rings is 3. The Morgan fingerprint density at radius 1 is 0.625 bits per heavy atom. The summed E-state index contributed by atoms with van der Waals surface area (Å²) in [4.78, 5) is 0. The van der Waals surface area contributed by atoms with Crippen LogP contribution in [0.1, 0.15) is 0 Å². The molecule has 0 saturated carbocycles. The average Bonchev–Trinajstić information content (AvgIpc) is 2.63. The summed E-state index contributed by atoms with van der Waals surface area (Å²) < 4.78 is 31.6. The molecule has 0 aliphatic carbocycles. The second kappa shape index (κ2) is 8.60. The zero-order valence-corrected chi connectivity index (χ0v) is 19.8. The van der Waals surface area contributed by atoms with Crippen molar-refractivity contribution in [1.29, 1.82) is 0 Å². The third-order valence-electron chi connectivity index (χ3n) is 3.52.